The molecule has 0 aliphatic carbocycles. The highest BCUT2D eigenvalue weighted by molar-refractivity contribution is 6.72. The van der Waals surface area contributed by atoms with Crippen molar-refractivity contribution in [3.05, 3.63) is 0 Å². The zero-order valence-electron chi connectivity index (χ0n) is 9.63. The molecule has 0 radical (unpaired) electrons. The van der Waals surface area contributed by atoms with Gasteiger partial charge in [0.05, 0.1) is 0 Å². The van der Waals surface area contributed by atoms with E-state index in [4.69, 9.17) is 11.6 Å². The van der Waals surface area contributed by atoms with Crippen molar-refractivity contribution >= 4 is 20.2 Å². The molecular formula is C8H22ClN3Si. The molecule has 0 amide bonds. The summed E-state index contributed by atoms with van der Waals surface area (Å²) in [4.78, 5) is 0. The van der Waals surface area contributed by atoms with Gasteiger partial charge in [0.25, 0.3) is 8.56 Å². The summed E-state index contributed by atoms with van der Waals surface area (Å²) in [6.07, 6.45) is 0. The summed E-state index contributed by atoms with van der Waals surface area (Å²) < 4.78 is 6.99. The van der Waals surface area contributed by atoms with Crippen LogP contribution in [0.2, 0.25) is 6.04 Å². The summed E-state index contributed by atoms with van der Waals surface area (Å²) in [5.74, 6) is 0.723. The molecule has 0 aliphatic heterocycles. The van der Waals surface area contributed by atoms with Crippen LogP contribution in [0.4, 0.5) is 0 Å². The van der Waals surface area contributed by atoms with Gasteiger partial charge in [-0.15, -0.1) is 11.6 Å². The maximum absolute atomic E-state index is 5.87. The molecule has 3 nitrogen and oxygen atoms in total. The smallest absolute Gasteiger partial charge is 0.289 e. The predicted octanol–water partition coefficient (Wildman–Crippen LogP) is 0.849. The SMILES string of the molecule is CN(C)[Si](CCCl)(N(C)C)N(C)C. The van der Waals surface area contributed by atoms with Crippen molar-refractivity contribution in [2.24, 2.45) is 0 Å². The Hall–Kier alpha value is 0.387. The lowest BCUT2D eigenvalue weighted by molar-refractivity contribution is 0.378. The van der Waals surface area contributed by atoms with E-state index in [1.54, 1.807) is 0 Å². The van der Waals surface area contributed by atoms with Gasteiger partial charge in [0.15, 0.2) is 0 Å². The fourth-order valence-electron chi connectivity index (χ4n) is 2.00. The Kier molecular flexibility index (Phi) is 5.47. The number of nitrogens with zero attached hydrogens (tertiary/aromatic N) is 3. The highest BCUT2D eigenvalue weighted by Gasteiger charge is 2.41. The Labute approximate surface area is 88.5 Å². The van der Waals surface area contributed by atoms with Crippen LogP contribution in [0.25, 0.3) is 0 Å². The molecule has 0 aromatic heterocycles. The highest BCUT2D eigenvalue weighted by atomic mass is 35.5. The van der Waals surface area contributed by atoms with E-state index in [1.807, 2.05) is 0 Å². The third-order valence-electron chi connectivity index (χ3n) is 2.58. The molecule has 0 aliphatic rings. The summed E-state index contributed by atoms with van der Waals surface area (Å²) in [6, 6.07) is 1.06. The molecule has 0 rings (SSSR count). The molecule has 13 heavy (non-hydrogen) atoms. The second-order valence-electron chi connectivity index (χ2n) is 3.90. The van der Waals surface area contributed by atoms with Gasteiger partial charge in [0.2, 0.25) is 0 Å². The third kappa shape index (κ3) is 2.67. The first-order valence-electron chi connectivity index (χ1n) is 4.47. The lowest BCUT2D eigenvalue weighted by atomic mass is 11.0. The molecule has 0 spiro atoms. The lowest BCUT2D eigenvalue weighted by Crippen LogP contribution is -2.69. The van der Waals surface area contributed by atoms with Gasteiger partial charge in [-0.2, -0.15) is 0 Å². The number of halogens is 1. The topological polar surface area (TPSA) is 9.72 Å². The molecule has 80 valence electrons. The van der Waals surface area contributed by atoms with E-state index in [1.165, 1.54) is 0 Å². The van der Waals surface area contributed by atoms with Crippen LogP contribution in [-0.2, 0) is 0 Å². The van der Waals surface area contributed by atoms with E-state index in [0.717, 1.165) is 11.9 Å². The predicted molar refractivity (Wildman–Crippen MR) is 62.3 cm³/mol. The Morgan fingerprint density at radius 1 is 0.846 bits per heavy atom. The van der Waals surface area contributed by atoms with Gasteiger partial charge >= 0.3 is 0 Å². The molecule has 0 fully saturated rings. The van der Waals surface area contributed by atoms with Crippen LogP contribution in [0.1, 0.15) is 0 Å². The minimum absolute atomic E-state index is 0.723. The number of alkyl halides is 1. The van der Waals surface area contributed by atoms with E-state index in [9.17, 15) is 0 Å². The first kappa shape index (κ1) is 13.4. The van der Waals surface area contributed by atoms with Crippen LogP contribution in [-0.4, -0.2) is 70.4 Å². The number of hydrogen-bond acceptors (Lipinski definition) is 3. The van der Waals surface area contributed by atoms with E-state index >= 15 is 0 Å². The van der Waals surface area contributed by atoms with Gasteiger partial charge in [-0.25, -0.2) is 0 Å². The van der Waals surface area contributed by atoms with Gasteiger partial charge in [-0.05, 0) is 48.3 Å². The zero-order valence-corrected chi connectivity index (χ0v) is 11.4. The van der Waals surface area contributed by atoms with Crippen LogP contribution in [0.3, 0.4) is 0 Å². The first-order chi connectivity index (χ1) is 5.89. The minimum atomic E-state index is -1.66. The number of rotatable bonds is 5. The second kappa shape index (κ2) is 5.31. The maximum Gasteiger partial charge on any atom is 0.289 e. The average molecular weight is 224 g/mol. The molecule has 0 aromatic carbocycles. The fraction of sp³-hybridized carbons (Fsp3) is 1.00. The highest BCUT2D eigenvalue weighted by Crippen LogP contribution is 2.18. The second-order valence-corrected chi connectivity index (χ2v) is 9.01. The van der Waals surface area contributed by atoms with Crippen LogP contribution in [0.15, 0.2) is 0 Å². The van der Waals surface area contributed by atoms with Crippen molar-refractivity contribution < 1.29 is 0 Å². The van der Waals surface area contributed by atoms with Crippen molar-refractivity contribution in [1.82, 2.24) is 13.7 Å². The van der Waals surface area contributed by atoms with Gasteiger partial charge in [0, 0.05) is 5.88 Å². The maximum atomic E-state index is 5.87. The lowest BCUT2D eigenvalue weighted by Gasteiger charge is -2.46. The van der Waals surface area contributed by atoms with Crippen LogP contribution < -0.4 is 0 Å². The standard InChI is InChI=1S/C8H22ClN3Si/c1-10(2)13(8-7-9,11(3)4)12(5)6/h7-8H2,1-6H3. The third-order valence-corrected chi connectivity index (χ3v) is 8.30. The molecule has 0 N–H and O–H groups in total. The van der Waals surface area contributed by atoms with Crippen molar-refractivity contribution in [2.75, 3.05) is 48.2 Å². The van der Waals surface area contributed by atoms with Gasteiger partial charge < -0.3 is 13.7 Å². The van der Waals surface area contributed by atoms with Crippen molar-refractivity contribution in [3.8, 4) is 0 Å². The summed E-state index contributed by atoms with van der Waals surface area (Å²) in [5.41, 5.74) is 0. The summed E-state index contributed by atoms with van der Waals surface area (Å²) in [6.45, 7) is 0. The monoisotopic (exact) mass is 223 g/mol. The Morgan fingerprint density at radius 3 is 1.23 bits per heavy atom. The quantitative estimate of drug-likeness (QED) is 0.506. The number of hydrogen-bond donors (Lipinski definition) is 0. The van der Waals surface area contributed by atoms with Crippen LogP contribution in [0.5, 0.6) is 0 Å². The first-order valence-corrected chi connectivity index (χ1v) is 7.06. The average Bonchev–Trinajstić information content (AvgIpc) is 1.97. The molecule has 0 saturated carbocycles. The molecule has 0 saturated heterocycles. The summed E-state index contributed by atoms with van der Waals surface area (Å²) in [7, 11) is 11.2. The van der Waals surface area contributed by atoms with E-state index in [-0.39, 0.29) is 0 Å². The Morgan fingerprint density at radius 2 is 1.15 bits per heavy atom. The zero-order chi connectivity index (χ0) is 10.6. The van der Waals surface area contributed by atoms with Gasteiger partial charge in [-0.1, -0.05) is 0 Å². The van der Waals surface area contributed by atoms with Crippen molar-refractivity contribution in [3.63, 3.8) is 0 Å². The molecule has 0 bridgehead atoms. The van der Waals surface area contributed by atoms with E-state index in [0.29, 0.717) is 0 Å². The molecule has 0 heterocycles. The van der Waals surface area contributed by atoms with E-state index in [2.05, 4.69) is 56.0 Å². The minimum Gasteiger partial charge on any atom is -0.305 e. The van der Waals surface area contributed by atoms with Crippen molar-refractivity contribution in [2.45, 2.75) is 6.04 Å². The van der Waals surface area contributed by atoms with Gasteiger partial charge in [0.1, 0.15) is 0 Å². The fourth-order valence-corrected chi connectivity index (χ4v) is 6.75. The largest absolute Gasteiger partial charge is 0.305 e. The molecule has 0 unspecified atom stereocenters. The van der Waals surface area contributed by atoms with Crippen LogP contribution >= 0.6 is 11.6 Å². The van der Waals surface area contributed by atoms with Gasteiger partial charge in [-0.3, -0.25) is 0 Å². The Bertz CT molecular complexity index is 129. The van der Waals surface area contributed by atoms with E-state index < -0.39 is 8.56 Å². The molecule has 5 heteroatoms. The van der Waals surface area contributed by atoms with Crippen molar-refractivity contribution in [1.29, 1.82) is 0 Å². The molecular weight excluding hydrogens is 202 g/mol. The molecule has 0 atom stereocenters. The molecule has 0 aromatic rings. The Balaban J connectivity index is 4.82. The summed E-state index contributed by atoms with van der Waals surface area (Å²) in [5, 5.41) is 0. The summed E-state index contributed by atoms with van der Waals surface area (Å²) >= 11 is 5.87. The van der Waals surface area contributed by atoms with Crippen LogP contribution in [0, 0.1) is 0 Å². The normalized spacial score (nSPS) is 13.4.